The Bertz CT molecular complexity index is 840. The van der Waals surface area contributed by atoms with Crippen LogP contribution < -0.4 is 5.32 Å². The van der Waals surface area contributed by atoms with Crippen LogP contribution in [-0.2, 0) is 16.3 Å². The van der Waals surface area contributed by atoms with Crippen LogP contribution in [0.2, 0.25) is 0 Å². The third-order valence-corrected chi connectivity index (χ3v) is 5.87. The summed E-state index contributed by atoms with van der Waals surface area (Å²) in [6.07, 6.45) is 1.64. The molecule has 0 saturated carbocycles. The van der Waals surface area contributed by atoms with Gasteiger partial charge in [0.05, 0.1) is 16.6 Å². The zero-order chi connectivity index (χ0) is 16.6. The van der Waals surface area contributed by atoms with Gasteiger partial charge in [0.1, 0.15) is 0 Å². The third kappa shape index (κ3) is 3.12. The highest BCUT2D eigenvalue weighted by atomic mass is 79.9. The molecule has 1 atom stereocenters. The molecule has 7 heteroatoms. The molecule has 0 bridgehead atoms. The molecule has 0 saturated heterocycles. The Hall–Kier alpha value is -1.47. The predicted molar refractivity (Wildman–Crippen MR) is 88.5 cm³/mol. The maximum Gasteiger partial charge on any atom is 0.341 e. The number of halogens is 3. The summed E-state index contributed by atoms with van der Waals surface area (Å²) < 4.78 is 50.3. The molecular formula is C16H14BrF2NO2S. The summed E-state index contributed by atoms with van der Waals surface area (Å²) >= 11 is 3.42. The second-order valence-electron chi connectivity index (χ2n) is 5.38. The first-order chi connectivity index (χ1) is 10.9. The van der Waals surface area contributed by atoms with E-state index in [0.717, 1.165) is 22.9 Å². The molecule has 0 spiro atoms. The van der Waals surface area contributed by atoms with E-state index in [4.69, 9.17) is 0 Å². The molecule has 0 amide bonds. The van der Waals surface area contributed by atoms with E-state index in [-0.39, 0.29) is 16.6 Å². The van der Waals surface area contributed by atoms with E-state index in [2.05, 4.69) is 21.2 Å². The van der Waals surface area contributed by atoms with Crippen molar-refractivity contribution in [2.45, 2.75) is 29.5 Å². The fourth-order valence-corrected chi connectivity index (χ4v) is 4.16. The zero-order valence-electron chi connectivity index (χ0n) is 12.0. The lowest BCUT2D eigenvalue weighted by Gasteiger charge is -2.18. The number of para-hydroxylation sites is 1. The maximum atomic E-state index is 12.9. The van der Waals surface area contributed by atoms with Crippen LogP contribution >= 0.6 is 15.9 Å². The summed E-state index contributed by atoms with van der Waals surface area (Å²) in [5.41, 5.74) is 2.46. The highest BCUT2D eigenvalue weighted by Gasteiger charge is 2.30. The molecule has 122 valence electrons. The summed E-state index contributed by atoms with van der Waals surface area (Å²) in [7, 11) is -4.64. The number of fused-ring (bicyclic) bond motifs is 1. The van der Waals surface area contributed by atoms with Crippen LogP contribution in [0.1, 0.15) is 23.6 Å². The summed E-state index contributed by atoms with van der Waals surface area (Å²) in [5, 5.41) is 3.12. The number of aryl methyl sites for hydroxylation is 1. The van der Waals surface area contributed by atoms with E-state index in [0.29, 0.717) is 0 Å². The first kappa shape index (κ1) is 16.4. The van der Waals surface area contributed by atoms with E-state index < -0.39 is 15.6 Å². The zero-order valence-corrected chi connectivity index (χ0v) is 14.4. The van der Waals surface area contributed by atoms with Crippen molar-refractivity contribution in [3.63, 3.8) is 0 Å². The average Bonchev–Trinajstić information content (AvgIpc) is 2.89. The van der Waals surface area contributed by atoms with Gasteiger partial charge in [-0.1, -0.05) is 34.1 Å². The van der Waals surface area contributed by atoms with Crippen LogP contribution in [-0.4, -0.2) is 14.2 Å². The minimum absolute atomic E-state index is 0.0906. The number of rotatable bonds is 4. The van der Waals surface area contributed by atoms with Crippen molar-refractivity contribution >= 4 is 31.5 Å². The summed E-state index contributed by atoms with van der Waals surface area (Å²) in [6.45, 7) is 0. The highest BCUT2D eigenvalue weighted by molar-refractivity contribution is 9.10. The van der Waals surface area contributed by atoms with E-state index in [1.165, 1.54) is 23.8 Å². The van der Waals surface area contributed by atoms with Crippen molar-refractivity contribution in [3.05, 3.63) is 58.1 Å². The smallest absolute Gasteiger partial charge is 0.341 e. The van der Waals surface area contributed by atoms with Crippen LogP contribution in [0, 0.1) is 0 Å². The largest absolute Gasteiger partial charge is 0.377 e. The van der Waals surface area contributed by atoms with Gasteiger partial charge in [0, 0.05) is 4.47 Å². The van der Waals surface area contributed by atoms with Crippen LogP contribution in [0.15, 0.2) is 51.8 Å². The van der Waals surface area contributed by atoms with Gasteiger partial charge < -0.3 is 5.32 Å². The van der Waals surface area contributed by atoms with Gasteiger partial charge in [-0.15, -0.1) is 0 Å². The van der Waals surface area contributed by atoms with Gasteiger partial charge in [0.15, 0.2) is 0 Å². The Balaban J connectivity index is 1.95. The van der Waals surface area contributed by atoms with Gasteiger partial charge >= 0.3 is 5.76 Å². The molecular weight excluding hydrogens is 388 g/mol. The van der Waals surface area contributed by atoms with Gasteiger partial charge in [0.25, 0.3) is 0 Å². The van der Waals surface area contributed by atoms with Crippen molar-refractivity contribution in [3.8, 4) is 0 Å². The quantitative estimate of drug-likeness (QED) is 0.817. The molecule has 1 N–H and O–H groups in total. The third-order valence-electron chi connectivity index (χ3n) is 3.94. The van der Waals surface area contributed by atoms with Crippen LogP contribution in [0.3, 0.4) is 0 Å². The topological polar surface area (TPSA) is 46.2 Å². The first-order valence-electron chi connectivity index (χ1n) is 7.05. The lowest BCUT2D eigenvalue weighted by atomic mass is 10.1. The molecule has 0 heterocycles. The van der Waals surface area contributed by atoms with Gasteiger partial charge in [-0.05, 0) is 48.2 Å². The second-order valence-corrected chi connectivity index (χ2v) is 8.18. The number of anilines is 1. The Morgan fingerprint density at radius 3 is 2.65 bits per heavy atom. The van der Waals surface area contributed by atoms with Crippen molar-refractivity contribution in [2.75, 3.05) is 5.32 Å². The lowest BCUT2D eigenvalue weighted by Crippen LogP contribution is -2.16. The SMILES string of the molecule is O=S(=O)(c1ccccc1NC1CCc2cc(Br)ccc21)C(F)F. The number of hydrogen-bond donors (Lipinski definition) is 1. The highest BCUT2D eigenvalue weighted by Crippen LogP contribution is 2.37. The Morgan fingerprint density at radius 1 is 1.17 bits per heavy atom. The van der Waals surface area contributed by atoms with Crippen molar-refractivity contribution in [1.82, 2.24) is 0 Å². The fourth-order valence-electron chi connectivity index (χ4n) is 2.85. The lowest BCUT2D eigenvalue weighted by molar-refractivity contribution is 0.235. The number of benzene rings is 2. The normalized spacial score (nSPS) is 17.3. The molecule has 2 aromatic carbocycles. The molecule has 0 aliphatic heterocycles. The minimum Gasteiger partial charge on any atom is -0.377 e. The van der Waals surface area contributed by atoms with E-state index in [9.17, 15) is 17.2 Å². The maximum absolute atomic E-state index is 12.9. The monoisotopic (exact) mass is 401 g/mol. The predicted octanol–water partition coefficient (Wildman–Crippen LogP) is 4.54. The summed E-state index contributed by atoms with van der Waals surface area (Å²) in [6, 6.07) is 11.6. The second kappa shape index (κ2) is 6.20. The first-order valence-corrected chi connectivity index (χ1v) is 9.39. The van der Waals surface area contributed by atoms with Crippen molar-refractivity contribution < 1.29 is 17.2 Å². The fraction of sp³-hybridized carbons (Fsp3) is 0.250. The number of hydrogen-bond acceptors (Lipinski definition) is 3. The molecule has 1 aliphatic rings. The number of nitrogens with one attached hydrogen (secondary N) is 1. The molecule has 3 nitrogen and oxygen atoms in total. The standard InChI is InChI=1S/C16H14BrF2NO2S/c17-11-6-7-12-10(9-11)5-8-13(12)20-14-3-1-2-4-15(14)23(21,22)16(18)19/h1-4,6-7,9,13,16,20H,5,8H2. The van der Waals surface area contributed by atoms with E-state index in [1.54, 1.807) is 6.07 Å². The Morgan fingerprint density at radius 2 is 1.91 bits per heavy atom. The molecule has 23 heavy (non-hydrogen) atoms. The molecule has 1 aliphatic carbocycles. The van der Waals surface area contributed by atoms with Crippen LogP contribution in [0.5, 0.6) is 0 Å². The molecule has 1 unspecified atom stereocenters. The van der Waals surface area contributed by atoms with Gasteiger partial charge in [-0.2, -0.15) is 8.78 Å². The number of sulfone groups is 1. The molecule has 0 aromatic heterocycles. The minimum atomic E-state index is -4.64. The summed E-state index contributed by atoms with van der Waals surface area (Å²) in [5.74, 6) is -3.43. The average molecular weight is 402 g/mol. The van der Waals surface area contributed by atoms with Crippen LogP contribution in [0.4, 0.5) is 14.5 Å². The van der Waals surface area contributed by atoms with Crippen LogP contribution in [0.25, 0.3) is 0 Å². The summed E-state index contributed by atoms with van der Waals surface area (Å²) in [4.78, 5) is -0.361. The number of alkyl halides is 2. The molecule has 2 aromatic rings. The Labute approximate surface area is 141 Å². The van der Waals surface area contributed by atoms with Gasteiger partial charge in [-0.3, -0.25) is 0 Å². The molecule has 0 fully saturated rings. The van der Waals surface area contributed by atoms with Crippen molar-refractivity contribution in [1.29, 1.82) is 0 Å². The van der Waals surface area contributed by atoms with Gasteiger partial charge in [-0.25, -0.2) is 8.42 Å². The van der Waals surface area contributed by atoms with E-state index >= 15 is 0 Å². The van der Waals surface area contributed by atoms with Gasteiger partial charge in [0.2, 0.25) is 9.84 Å². The Kier molecular flexibility index (Phi) is 4.42. The van der Waals surface area contributed by atoms with E-state index in [1.807, 2.05) is 18.2 Å². The molecule has 0 radical (unpaired) electrons. The van der Waals surface area contributed by atoms with Crippen molar-refractivity contribution in [2.24, 2.45) is 0 Å². The molecule has 3 rings (SSSR count).